The van der Waals surface area contributed by atoms with Gasteiger partial charge in [0.2, 0.25) is 5.91 Å². The third-order valence-corrected chi connectivity index (χ3v) is 5.91. The van der Waals surface area contributed by atoms with Gasteiger partial charge >= 0.3 is 0 Å². The highest BCUT2D eigenvalue weighted by molar-refractivity contribution is 5.76. The molecule has 0 unspecified atom stereocenters. The van der Waals surface area contributed by atoms with Crippen LogP contribution in [0.5, 0.6) is 0 Å². The summed E-state index contributed by atoms with van der Waals surface area (Å²) in [7, 11) is 1.85. The van der Waals surface area contributed by atoms with Gasteiger partial charge in [0, 0.05) is 45.1 Å². The monoisotopic (exact) mass is 434 g/mol. The van der Waals surface area contributed by atoms with Crippen molar-refractivity contribution in [1.29, 1.82) is 0 Å². The minimum atomic E-state index is -0.205. The molecule has 0 saturated carbocycles. The molecule has 1 aliphatic heterocycles. The number of nitrogens with zero attached hydrogens (tertiary/aromatic N) is 4. The van der Waals surface area contributed by atoms with Gasteiger partial charge in [0.05, 0.1) is 23.6 Å². The largest absolute Gasteiger partial charge is 0.340 e. The lowest BCUT2D eigenvalue weighted by molar-refractivity contribution is -0.131. The molecule has 2 heterocycles. The zero-order chi connectivity index (χ0) is 22.7. The maximum Gasteiger partial charge on any atom is 0.222 e. The summed E-state index contributed by atoms with van der Waals surface area (Å²) in [5.41, 5.74) is 5.32. The molecule has 0 bridgehead atoms. The van der Waals surface area contributed by atoms with Crippen LogP contribution in [0, 0.1) is 11.7 Å². The molecule has 3 aromatic rings. The van der Waals surface area contributed by atoms with Crippen LogP contribution in [-0.2, 0) is 30.8 Å². The molecule has 1 amide bonds. The van der Waals surface area contributed by atoms with Gasteiger partial charge in [-0.2, -0.15) is 5.10 Å². The van der Waals surface area contributed by atoms with Gasteiger partial charge in [-0.15, -0.1) is 0 Å². The molecule has 0 radical (unpaired) electrons. The summed E-state index contributed by atoms with van der Waals surface area (Å²) in [5, 5.41) is 4.96. The molecule has 0 spiro atoms. The molecule has 0 aliphatic carbocycles. The SMILES string of the molecule is CC(C)CC(=O)N(C)Cc1nn(-c2ccccc2)c2c1CN(Cc1cccc(F)c1)CC2. The molecule has 0 N–H and O–H groups in total. The van der Waals surface area contributed by atoms with Gasteiger partial charge in [0.25, 0.3) is 0 Å². The highest BCUT2D eigenvalue weighted by Gasteiger charge is 2.27. The fourth-order valence-corrected chi connectivity index (χ4v) is 4.30. The van der Waals surface area contributed by atoms with Gasteiger partial charge in [-0.3, -0.25) is 9.69 Å². The fraction of sp³-hybridized carbons (Fsp3) is 0.385. The number of amides is 1. The number of carbonyl (C=O) groups excluding carboxylic acids is 1. The first-order valence-corrected chi connectivity index (χ1v) is 11.3. The number of aromatic nitrogens is 2. The highest BCUT2D eigenvalue weighted by Crippen LogP contribution is 2.27. The number of hydrogen-bond acceptors (Lipinski definition) is 3. The molecule has 1 aliphatic rings. The third-order valence-electron chi connectivity index (χ3n) is 5.91. The van der Waals surface area contributed by atoms with E-state index in [1.807, 2.05) is 36.0 Å². The van der Waals surface area contributed by atoms with E-state index in [2.05, 4.69) is 30.9 Å². The second-order valence-corrected chi connectivity index (χ2v) is 9.06. The molecule has 0 saturated heterocycles. The molecule has 32 heavy (non-hydrogen) atoms. The van der Waals surface area contributed by atoms with E-state index in [-0.39, 0.29) is 11.7 Å². The van der Waals surface area contributed by atoms with Crippen LogP contribution < -0.4 is 0 Å². The third kappa shape index (κ3) is 5.07. The van der Waals surface area contributed by atoms with Gasteiger partial charge in [-0.05, 0) is 35.7 Å². The average molecular weight is 435 g/mol. The number of fused-ring (bicyclic) bond motifs is 1. The van der Waals surface area contributed by atoms with Crippen LogP contribution in [-0.4, -0.2) is 39.1 Å². The van der Waals surface area contributed by atoms with Gasteiger partial charge < -0.3 is 4.90 Å². The smallest absolute Gasteiger partial charge is 0.222 e. The number of benzene rings is 2. The van der Waals surface area contributed by atoms with Crippen LogP contribution >= 0.6 is 0 Å². The van der Waals surface area contributed by atoms with Crippen LogP contribution in [0.3, 0.4) is 0 Å². The predicted molar refractivity (Wildman–Crippen MR) is 124 cm³/mol. The van der Waals surface area contributed by atoms with Crippen molar-refractivity contribution < 1.29 is 9.18 Å². The lowest BCUT2D eigenvalue weighted by atomic mass is 10.0. The van der Waals surface area contributed by atoms with Gasteiger partial charge in [0.1, 0.15) is 5.82 Å². The molecular weight excluding hydrogens is 403 g/mol. The minimum absolute atomic E-state index is 0.135. The number of halogens is 1. The zero-order valence-electron chi connectivity index (χ0n) is 19.1. The van der Waals surface area contributed by atoms with E-state index >= 15 is 0 Å². The van der Waals surface area contributed by atoms with Crippen LogP contribution in [0.15, 0.2) is 54.6 Å². The normalized spacial score (nSPS) is 13.9. The van der Waals surface area contributed by atoms with E-state index in [9.17, 15) is 9.18 Å². The molecule has 4 rings (SSSR count). The number of rotatable bonds is 7. The molecule has 6 heteroatoms. The lowest BCUT2D eigenvalue weighted by Crippen LogP contribution is -2.32. The Morgan fingerprint density at radius 1 is 1.16 bits per heavy atom. The predicted octanol–water partition coefficient (Wildman–Crippen LogP) is 4.57. The first-order chi connectivity index (χ1) is 15.4. The Bertz CT molecular complexity index is 1080. The maximum atomic E-state index is 13.7. The fourth-order valence-electron chi connectivity index (χ4n) is 4.30. The quantitative estimate of drug-likeness (QED) is 0.547. The standard InChI is InChI=1S/C26H31FN4O/c1-19(2)14-26(32)29(3)18-24-23-17-30(16-20-8-7-9-21(27)15-20)13-12-25(23)31(28-24)22-10-5-4-6-11-22/h4-11,15,19H,12-14,16-18H2,1-3H3. The summed E-state index contributed by atoms with van der Waals surface area (Å²) in [6, 6.07) is 16.9. The van der Waals surface area contributed by atoms with Crippen LogP contribution in [0.2, 0.25) is 0 Å². The van der Waals surface area contributed by atoms with Crippen LogP contribution in [0.1, 0.15) is 42.8 Å². The van der Waals surface area contributed by atoms with E-state index in [1.165, 1.54) is 17.3 Å². The molecule has 168 valence electrons. The number of hydrogen-bond donors (Lipinski definition) is 0. The summed E-state index contributed by atoms with van der Waals surface area (Å²) >= 11 is 0. The van der Waals surface area contributed by atoms with Crippen molar-refractivity contribution in [2.45, 2.75) is 46.3 Å². The van der Waals surface area contributed by atoms with E-state index in [0.29, 0.717) is 25.4 Å². The highest BCUT2D eigenvalue weighted by atomic mass is 19.1. The lowest BCUT2D eigenvalue weighted by Gasteiger charge is -2.28. The van der Waals surface area contributed by atoms with Gasteiger partial charge in [-0.1, -0.05) is 44.2 Å². The first-order valence-electron chi connectivity index (χ1n) is 11.3. The van der Waals surface area contributed by atoms with Gasteiger partial charge in [-0.25, -0.2) is 9.07 Å². The Kier molecular flexibility index (Phi) is 6.70. The van der Waals surface area contributed by atoms with Crippen molar-refractivity contribution in [2.24, 2.45) is 5.92 Å². The Labute approximate surface area is 189 Å². The van der Waals surface area contributed by atoms with Crippen molar-refractivity contribution in [3.05, 3.63) is 82.9 Å². The summed E-state index contributed by atoms with van der Waals surface area (Å²) in [4.78, 5) is 16.7. The van der Waals surface area contributed by atoms with Crippen LogP contribution in [0.25, 0.3) is 5.69 Å². The Hall–Kier alpha value is -2.99. The van der Waals surface area contributed by atoms with E-state index in [1.54, 1.807) is 17.0 Å². The average Bonchev–Trinajstić information content (AvgIpc) is 3.11. The first kappa shape index (κ1) is 22.2. The van der Waals surface area contributed by atoms with Crippen molar-refractivity contribution in [1.82, 2.24) is 19.6 Å². The molecule has 2 aromatic carbocycles. The van der Waals surface area contributed by atoms with Crippen molar-refractivity contribution in [3.8, 4) is 5.69 Å². The summed E-state index contributed by atoms with van der Waals surface area (Å²) < 4.78 is 15.7. The van der Waals surface area contributed by atoms with E-state index in [0.717, 1.165) is 36.5 Å². The van der Waals surface area contributed by atoms with Crippen molar-refractivity contribution in [2.75, 3.05) is 13.6 Å². The number of carbonyl (C=O) groups is 1. The van der Waals surface area contributed by atoms with E-state index < -0.39 is 0 Å². The Morgan fingerprint density at radius 2 is 1.94 bits per heavy atom. The molecule has 5 nitrogen and oxygen atoms in total. The van der Waals surface area contributed by atoms with Crippen molar-refractivity contribution in [3.63, 3.8) is 0 Å². The molecular formula is C26H31FN4O. The van der Waals surface area contributed by atoms with Crippen LogP contribution in [0.4, 0.5) is 4.39 Å². The Balaban J connectivity index is 1.62. The van der Waals surface area contributed by atoms with Gasteiger partial charge in [0.15, 0.2) is 0 Å². The molecule has 1 aromatic heterocycles. The summed E-state index contributed by atoms with van der Waals surface area (Å²) in [5.74, 6) is 0.251. The van der Waals surface area contributed by atoms with E-state index in [4.69, 9.17) is 5.10 Å². The topological polar surface area (TPSA) is 41.4 Å². The number of para-hydroxylation sites is 1. The second-order valence-electron chi connectivity index (χ2n) is 9.06. The summed E-state index contributed by atoms with van der Waals surface area (Å²) in [6.45, 7) is 6.91. The summed E-state index contributed by atoms with van der Waals surface area (Å²) in [6.07, 6.45) is 1.39. The second kappa shape index (κ2) is 9.65. The maximum absolute atomic E-state index is 13.7. The Morgan fingerprint density at radius 3 is 2.66 bits per heavy atom. The molecule has 0 atom stereocenters. The zero-order valence-corrected chi connectivity index (χ0v) is 19.1. The van der Waals surface area contributed by atoms with Crippen molar-refractivity contribution >= 4 is 5.91 Å². The molecule has 0 fully saturated rings. The minimum Gasteiger partial charge on any atom is -0.340 e.